The van der Waals surface area contributed by atoms with Gasteiger partial charge in [0, 0.05) is 31.7 Å². The van der Waals surface area contributed by atoms with Crippen molar-refractivity contribution in [3.8, 4) is 22.7 Å². The van der Waals surface area contributed by atoms with Gasteiger partial charge in [0.25, 0.3) is 12.4 Å². The first-order chi connectivity index (χ1) is 17.9. The molecular weight excluding hydrogens is 476 g/mol. The maximum atomic E-state index is 13.0. The number of carbonyl (C=O) groups is 2. The van der Waals surface area contributed by atoms with Crippen LogP contribution in [0.2, 0.25) is 0 Å². The largest absolute Gasteiger partial charge is 0.483 e. The lowest BCUT2D eigenvalue weighted by molar-refractivity contribution is -0.122. The predicted molar refractivity (Wildman–Crippen MR) is 138 cm³/mol. The van der Waals surface area contributed by atoms with Crippen LogP contribution in [0.4, 0.5) is 5.69 Å². The fourth-order valence-corrected chi connectivity index (χ4v) is 3.42. The maximum absolute atomic E-state index is 13.0. The van der Waals surface area contributed by atoms with Crippen LogP contribution >= 0.6 is 0 Å². The summed E-state index contributed by atoms with van der Waals surface area (Å²) in [7, 11) is 0. The Morgan fingerprint density at radius 1 is 1.19 bits per heavy atom. The van der Waals surface area contributed by atoms with E-state index in [0.29, 0.717) is 48.5 Å². The Morgan fingerprint density at radius 3 is 2.70 bits per heavy atom. The van der Waals surface area contributed by atoms with E-state index in [1.807, 2.05) is 36.0 Å². The minimum absolute atomic E-state index is 0.207. The third kappa shape index (κ3) is 7.87. The van der Waals surface area contributed by atoms with Crippen molar-refractivity contribution in [3.05, 3.63) is 60.9 Å². The minimum Gasteiger partial charge on any atom is -0.483 e. The number of furan rings is 1. The third-order valence-corrected chi connectivity index (χ3v) is 5.27. The Kier molecular flexibility index (Phi) is 10.1. The van der Waals surface area contributed by atoms with Crippen LogP contribution < -0.4 is 5.32 Å². The number of nitrogens with zero attached hydrogens (tertiary/aromatic N) is 5. The van der Waals surface area contributed by atoms with Gasteiger partial charge in [0.2, 0.25) is 0 Å². The zero-order chi connectivity index (χ0) is 26.6. The Balaban J connectivity index is 0.00000121. The lowest BCUT2D eigenvalue weighted by Gasteiger charge is -2.03. The van der Waals surface area contributed by atoms with Crippen LogP contribution in [0.15, 0.2) is 59.5 Å². The van der Waals surface area contributed by atoms with Gasteiger partial charge in [0.15, 0.2) is 5.76 Å². The highest BCUT2D eigenvalue weighted by molar-refractivity contribution is 6.04. The summed E-state index contributed by atoms with van der Waals surface area (Å²) >= 11 is 0. The number of carboxylic acid groups (broad SMARTS) is 1. The van der Waals surface area contributed by atoms with Crippen molar-refractivity contribution in [2.75, 3.05) is 18.5 Å². The molecule has 4 aromatic heterocycles. The number of hydrogen-bond donors (Lipinski definition) is 2. The molecule has 1 amide bonds. The number of aromatic nitrogens is 5. The number of rotatable bonds is 11. The third-order valence-electron chi connectivity index (χ3n) is 5.27. The number of anilines is 1. The average Bonchev–Trinajstić information content (AvgIpc) is 3.64. The summed E-state index contributed by atoms with van der Waals surface area (Å²) in [4.78, 5) is 25.7. The zero-order valence-corrected chi connectivity index (χ0v) is 21.2. The summed E-state index contributed by atoms with van der Waals surface area (Å²) in [5, 5.41) is 18.8. The van der Waals surface area contributed by atoms with E-state index in [4.69, 9.17) is 19.1 Å². The molecule has 4 rings (SSSR count). The normalized spacial score (nSPS) is 10.7. The molecule has 4 heterocycles. The molecule has 37 heavy (non-hydrogen) atoms. The molecule has 11 nitrogen and oxygen atoms in total. The lowest BCUT2D eigenvalue weighted by atomic mass is 10.1. The number of nitrogens with one attached hydrogen (secondary N) is 1. The smallest absolute Gasteiger partial charge is 0.291 e. The summed E-state index contributed by atoms with van der Waals surface area (Å²) in [6, 6.07) is 9.02. The van der Waals surface area contributed by atoms with Gasteiger partial charge in [-0.1, -0.05) is 19.9 Å². The molecule has 0 fully saturated rings. The van der Waals surface area contributed by atoms with Crippen molar-refractivity contribution in [1.82, 2.24) is 24.5 Å². The van der Waals surface area contributed by atoms with E-state index in [0.717, 1.165) is 18.5 Å². The van der Waals surface area contributed by atoms with Crippen molar-refractivity contribution in [2.45, 2.75) is 40.3 Å². The van der Waals surface area contributed by atoms with E-state index in [9.17, 15) is 4.79 Å². The topological polar surface area (TPSA) is 137 Å². The molecule has 4 aromatic rings. The average molecular weight is 509 g/mol. The summed E-state index contributed by atoms with van der Waals surface area (Å²) < 4.78 is 14.9. The molecule has 0 saturated heterocycles. The van der Waals surface area contributed by atoms with Crippen molar-refractivity contribution in [3.63, 3.8) is 0 Å². The molecule has 0 aliphatic rings. The SMILES string of the molecule is CCOCCn1cc(NC(=O)c2ccc(-c3cnn(CCC(C)C)c3)o2)c(-c2ccccn2)n1.O=CO. The molecule has 196 valence electrons. The summed E-state index contributed by atoms with van der Waals surface area (Å²) in [5.41, 5.74) is 2.64. The van der Waals surface area contributed by atoms with Crippen molar-refractivity contribution in [2.24, 2.45) is 5.92 Å². The van der Waals surface area contributed by atoms with Crippen LogP contribution in [-0.4, -0.2) is 55.2 Å². The second-order valence-electron chi connectivity index (χ2n) is 8.46. The first-order valence-electron chi connectivity index (χ1n) is 12.0. The van der Waals surface area contributed by atoms with Gasteiger partial charge in [-0.05, 0) is 43.5 Å². The highest BCUT2D eigenvalue weighted by atomic mass is 16.5. The maximum Gasteiger partial charge on any atom is 0.291 e. The lowest BCUT2D eigenvalue weighted by Crippen LogP contribution is -2.11. The first kappa shape index (κ1) is 27.3. The van der Waals surface area contributed by atoms with Gasteiger partial charge < -0.3 is 19.6 Å². The molecule has 0 spiro atoms. The number of hydrogen-bond acceptors (Lipinski definition) is 7. The van der Waals surface area contributed by atoms with E-state index in [1.165, 1.54) is 0 Å². The monoisotopic (exact) mass is 508 g/mol. The Hall–Kier alpha value is -4.25. The van der Waals surface area contributed by atoms with Crippen LogP contribution in [-0.2, 0) is 22.6 Å². The quantitative estimate of drug-likeness (QED) is 0.224. The Bertz CT molecular complexity index is 1260. The standard InChI is InChI=1S/C25H30N6O3.CH2O2/c1-4-33-14-13-31-17-21(24(29-31)20-7-5-6-11-26-20)28-25(32)23-9-8-22(34-23)19-15-27-30(16-19)12-10-18(2)3;2-1-3/h5-9,11,15-18H,4,10,12-14H2,1-3H3,(H,28,32);1H,(H,2,3). The second kappa shape index (κ2) is 13.7. The fraction of sp³-hybridized carbons (Fsp3) is 0.346. The van der Waals surface area contributed by atoms with Gasteiger partial charge in [-0.2, -0.15) is 10.2 Å². The van der Waals surface area contributed by atoms with Gasteiger partial charge in [-0.15, -0.1) is 0 Å². The van der Waals surface area contributed by atoms with Crippen LogP contribution in [0.25, 0.3) is 22.7 Å². The summed E-state index contributed by atoms with van der Waals surface area (Å²) in [5.74, 6) is 1.04. The van der Waals surface area contributed by atoms with Crippen molar-refractivity contribution >= 4 is 18.1 Å². The number of ether oxygens (including phenoxy) is 1. The van der Waals surface area contributed by atoms with E-state index < -0.39 is 0 Å². The first-order valence-corrected chi connectivity index (χ1v) is 12.0. The molecule has 0 bridgehead atoms. The second-order valence-corrected chi connectivity index (χ2v) is 8.46. The van der Waals surface area contributed by atoms with Crippen LogP contribution in [0.5, 0.6) is 0 Å². The van der Waals surface area contributed by atoms with Crippen molar-refractivity contribution in [1.29, 1.82) is 0 Å². The molecule has 0 atom stereocenters. The molecule has 0 aromatic carbocycles. The van der Waals surface area contributed by atoms with Gasteiger partial charge >= 0.3 is 0 Å². The highest BCUT2D eigenvalue weighted by Crippen LogP contribution is 2.27. The molecule has 0 radical (unpaired) electrons. The van der Waals surface area contributed by atoms with Crippen LogP contribution in [0, 0.1) is 5.92 Å². The number of carbonyl (C=O) groups excluding carboxylic acids is 1. The molecule has 0 saturated carbocycles. The Labute approximate surface area is 215 Å². The van der Waals surface area contributed by atoms with E-state index in [-0.39, 0.29) is 18.1 Å². The minimum atomic E-state index is -0.361. The van der Waals surface area contributed by atoms with Gasteiger partial charge in [-0.3, -0.25) is 23.9 Å². The van der Waals surface area contributed by atoms with Crippen molar-refractivity contribution < 1.29 is 23.8 Å². The van der Waals surface area contributed by atoms with Gasteiger partial charge in [0.1, 0.15) is 11.5 Å². The number of pyridine rings is 1. The van der Waals surface area contributed by atoms with Crippen LogP contribution in [0.1, 0.15) is 37.7 Å². The van der Waals surface area contributed by atoms with Crippen LogP contribution in [0.3, 0.4) is 0 Å². The summed E-state index contributed by atoms with van der Waals surface area (Å²) in [6.45, 7) is 8.63. The molecular formula is C26H32N6O5. The number of aryl methyl sites for hydroxylation is 1. The molecule has 0 aliphatic carbocycles. The highest BCUT2D eigenvalue weighted by Gasteiger charge is 2.19. The summed E-state index contributed by atoms with van der Waals surface area (Å²) in [6.07, 6.45) is 8.21. The van der Waals surface area contributed by atoms with Gasteiger partial charge in [0.05, 0.1) is 36.3 Å². The molecule has 2 N–H and O–H groups in total. The zero-order valence-electron chi connectivity index (χ0n) is 21.2. The number of amides is 1. The molecule has 0 unspecified atom stereocenters. The fourth-order valence-electron chi connectivity index (χ4n) is 3.42. The molecule has 0 aliphatic heterocycles. The molecule has 11 heteroatoms. The van der Waals surface area contributed by atoms with Gasteiger partial charge in [-0.25, -0.2) is 0 Å². The van der Waals surface area contributed by atoms with E-state index in [1.54, 1.807) is 35.4 Å². The van der Waals surface area contributed by atoms with E-state index >= 15 is 0 Å². The Morgan fingerprint density at radius 2 is 2.00 bits per heavy atom. The van der Waals surface area contributed by atoms with E-state index in [2.05, 4.69) is 34.3 Å². The predicted octanol–water partition coefficient (Wildman–Crippen LogP) is 4.44.